The van der Waals surface area contributed by atoms with Crippen LogP contribution in [-0.4, -0.2) is 11.1 Å². The van der Waals surface area contributed by atoms with Gasteiger partial charge in [-0.25, -0.2) is 4.98 Å². The summed E-state index contributed by atoms with van der Waals surface area (Å²) in [5, 5.41) is 0.824. The minimum Gasteiger partial charge on any atom is -0.467 e. The molecule has 17 heavy (non-hydrogen) atoms. The van der Waals surface area contributed by atoms with Crippen molar-refractivity contribution in [1.29, 1.82) is 0 Å². The van der Waals surface area contributed by atoms with Gasteiger partial charge in [-0.1, -0.05) is 33.7 Å². The zero-order valence-corrected chi connectivity index (χ0v) is 11.9. The first-order valence-electron chi connectivity index (χ1n) is 6.04. The maximum absolute atomic E-state index is 5.97. The van der Waals surface area contributed by atoms with Crippen LogP contribution in [0.1, 0.15) is 32.1 Å². The Hall–Kier alpha value is -0.610. The maximum Gasteiger partial charge on any atom is 0.274 e. The average molecular weight is 312 g/mol. The zero-order valence-electron chi connectivity index (χ0n) is 9.49. The number of aromatic nitrogens is 1. The Morgan fingerprint density at radius 2 is 2.06 bits per heavy atom. The van der Waals surface area contributed by atoms with Gasteiger partial charge in [0.15, 0.2) is 0 Å². The highest BCUT2D eigenvalue weighted by atomic mass is 79.9. The van der Waals surface area contributed by atoms with Crippen LogP contribution >= 0.6 is 27.3 Å². The first-order valence-corrected chi connectivity index (χ1v) is 7.65. The molecule has 1 heterocycles. The van der Waals surface area contributed by atoms with E-state index in [0.717, 1.165) is 15.2 Å². The highest BCUT2D eigenvalue weighted by Crippen LogP contribution is 2.32. The molecular weight excluding hydrogens is 298 g/mol. The molecule has 1 aliphatic rings. The van der Waals surface area contributed by atoms with Crippen molar-refractivity contribution in [2.24, 2.45) is 0 Å². The molecule has 90 valence electrons. The molecule has 0 amide bonds. The molecule has 1 aliphatic carbocycles. The molecule has 1 aromatic carbocycles. The number of benzene rings is 1. The van der Waals surface area contributed by atoms with Crippen molar-refractivity contribution in [1.82, 2.24) is 4.98 Å². The fraction of sp³-hybridized carbons (Fsp3) is 0.462. The number of thiazole rings is 1. The predicted molar refractivity (Wildman–Crippen MR) is 74.8 cm³/mol. The summed E-state index contributed by atoms with van der Waals surface area (Å²) in [6, 6.07) is 6.15. The Balaban J connectivity index is 1.80. The van der Waals surface area contributed by atoms with Crippen LogP contribution in [0.25, 0.3) is 10.2 Å². The summed E-state index contributed by atoms with van der Waals surface area (Å²) in [4.78, 5) is 4.52. The Kier molecular flexibility index (Phi) is 3.34. The molecule has 1 aromatic heterocycles. The smallest absolute Gasteiger partial charge is 0.274 e. The van der Waals surface area contributed by atoms with E-state index in [4.69, 9.17) is 4.74 Å². The van der Waals surface area contributed by atoms with Crippen LogP contribution in [0, 0.1) is 0 Å². The van der Waals surface area contributed by atoms with Gasteiger partial charge in [-0.3, -0.25) is 0 Å². The lowest BCUT2D eigenvalue weighted by Crippen LogP contribution is -2.19. The van der Waals surface area contributed by atoms with E-state index in [1.165, 1.54) is 36.8 Å². The second-order valence-corrected chi connectivity index (χ2v) is 6.38. The lowest BCUT2D eigenvalue weighted by Gasteiger charge is -2.21. The average Bonchev–Trinajstić information content (AvgIpc) is 2.71. The molecular formula is C13H14BrNOS. The van der Waals surface area contributed by atoms with Crippen molar-refractivity contribution in [3.8, 4) is 5.19 Å². The second-order valence-electron chi connectivity index (χ2n) is 4.47. The summed E-state index contributed by atoms with van der Waals surface area (Å²) in [7, 11) is 0. The van der Waals surface area contributed by atoms with Crippen LogP contribution in [0.5, 0.6) is 5.19 Å². The molecule has 2 nitrogen and oxygen atoms in total. The Morgan fingerprint density at radius 1 is 1.24 bits per heavy atom. The largest absolute Gasteiger partial charge is 0.467 e. The van der Waals surface area contributed by atoms with Crippen LogP contribution in [-0.2, 0) is 0 Å². The van der Waals surface area contributed by atoms with Gasteiger partial charge in [0.05, 0.1) is 10.2 Å². The van der Waals surface area contributed by atoms with E-state index in [1.807, 2.05) is 12.1 Å². The Morgan fingerprint density at radius 3 is 2.88 bits per heavy atom. The number of hydrogen-bond donors (Lipinski definition) is 0. The minimum absolute atomic E-state index is 0.382. The molecule has 1 fully saturated rings. The standard InChI is InChI=1S/C13H14BrNOS/c14-9-6-7-11-12(8-9)17-13(15-11)16-10-4-2-1-3-5-10/h6-8,10H,1-5H2. The quantitative estimate of drug-likeness (QED) is 0.797. The summed E-state index contributed by atoms with van der Waals surface area (Å²) >= 11 is 5.12. The Labute approximate surface area is 113 Å². The normalized spacial score (nSPS) is 17.5. The third kappa shape index (κ3) is 2.63. The fourth-order valence-electron chi connectivity index (χ4n) is 2.25. The van der Waals surface area contributed by atoms with Gasteiger partial charge in [0.1, 0.15) is 6.10 Å². The fourth-order valence-corrected chi connectivity index (χ4v) is 3.69. The van der Waals surface area contributed by atoms with Gasteiger partial charge in [0.2, 0.25) is 0 Å². The number of halogens is 1. The molecule has 0 aliphatic heterocycles. The van der Waals surface area contributed by atoms with E-state index in [-0.39, 0.29) is 0 Å². The van der Waals surface area contributed by atoms with Gasteiger partial charge in [0.25, 0.3) is 5.19 Å². The van der Waals surface area contributed by atoms with Crippen LogP contribution < -0.4 is 4.74 Å². The van der Waals surface area contributed by atoms with E-state index in [2.05, 4.69) is 27.0 Å². The maximum atomic E-state index is 5.97. The van der Waals surface area contributed by atoms with Crippen molar-refractivity contribution in [3.63, 3.8) is 0 Å². The lowest BCUT2D eigenvalue weighted by atomic mass is 9.98. The number of nitrogens with zero attached hydrogens (tertiary/aromatic N) is 1. The zero-order chi connectivity index (χ0) is 11.7. The monoisotopic (exact) mass is 311 g/mol. The molecule has 0 radical (unpaired) electrons. The molecule has 1 saturated carbocycles. The van der Waals surface area contributed by atoms with Gasteiger partial charge in [-0.15, -0.1) is 0 Å². The first-order chi connectivity index (χ1) is 8.31. The predicted octanol–water partition coefficient (Wildman–Crippen LogP) is 4.77. The van der Waals surface area contributed by atoms with Crippen LogP contribution in [0.3, 0.4) is 0 Å². The van der Waals surface area contributed by atoms with Gasteiger partial charge in [0, 0.05) is 4.47 Å². The highest BCUT2D eigenvalue weighted by Gasteiger charge is 2.16. The molecule has 3 rings (SSSR count). The second kappa shape index (κ2) is 4.94. The number of hydrogen-bond acceptors (Lipinski definition) is 3. The summed E-state index contributed by atoms with van der Waals surface area (Å²) in [6.07, 6.45) is 6.68. The number of ether oxygens (including phenoxy) is 1. The third-order valence-electron chi connectivity index (χ3n) is 3.15. The van der Waals surface area contributed by atoms with Crippen molar-refractivity contribution >= 4 is 37.5 Å². The summed E-state index contributed by atoms with van der Waals surface area (Å²) in [6.45, 7) is 0. The van der Waals surface area contributed by atoms with E-state index in [0.29, 0.717) is 6.10 Å². The van der Waals surface area contributed by atoms with Crippen molar-refractivity contribution in [2.45, 2.75) is 38.2 Å². The molecule has 2 aromatic rings. The summed E-state index contributed by atoms with van der Waals surface area (Å²) < 4.78 is 8.25. The topological polar surface area (TPSA) is 22.1 Å². The van der Waals surface area contributed by atoms with Crippen molar-refractivity contribution in [2.75, 3.05) is 0 Å². The van der Waals surface area contributed by atoms with Gasteiger partial charge in [-0.2, -0.15) is 0 Å². The molecule has 4 heteroatoms. The van der Waals surface area contributed by atoms with E-state index in [9.17, 15) is 0 Å². The van der Waals surface area contributed by atoms with Crippen molar-refractivity contribution < 1.29 is 4.74 Å². The molecule has 0 bridgehead atoms. The molecule has 0 spiro atoms. The van der Waals surface area contributed by atoms with Gasteiger partial charge < -0.3 is 4.74 Å². The third-order valence-corrected chi connectivity index (χ3v) is 4.55. The highest BCUT2D eigenvalue weighted by molar-refractivity contribution is 9.10. The van der Waals surface area contributed by atoms with Crippen LogP contribution in [0.2, 0.25) is 0 Å². The van der Waals surface area contributed by atoms with Gasteiger partial charge in [-0.05, 0) is 43.9 Å². The number of fused-ring (bicyclic) bond motifs is 1. The van der Waals surface area contributed by atoms with E-state index in [1.54, 1.807) is 11.3 Å². The first kappa shape index (κ1) is 11.5. The molecule has 0 saturated heterocycles. The van der Waals surface area contributed by atoms with Gasteiger partial charge >= 0.3 is 0 Å². The van der Waals surface area contributed by atoms with Crippen LogP contribution in [0.4, 0.5) is 0 Å². The molecule has 0 N–H and O–H groups in total. The summed E-state index contributed by atoms with van der Waals surface area (Å²) in [5.74, 6) is 0. The summed E-state index contributed by atoms with van der Waals surface area (Å²) in [5.41, 5.74) is 1.03. The molecule has 0 atom stereocenters. The van der Waals surface area contributed by atoms with Crippen molar-refractivity contribution in [3.05, 3.63) is 22.7 Å². The number of rotatable bonds is 2. The van der Waals surface area contributed by atoms with E-state index >= 15 is 0 Å². The SMILES string of the molecule is Brc1ccc2nc(OC3CCCCC3)sc2c1. The lowest BCUT2D eigenvalue weighted by molar-refractivity contribution is 0.155. The Bertz CT molecular complexity index is 519. The molecule has 0 unspecified atom stereocenters. The van der Waals surface area contributed by atoms with Crippen LogP contribution in [0.15, 0.2) is 22.7 Å². The minimum atomic E-state index is 0.382. The van der Waals surface area contributed by atoms with E-state index < -0.39 is 0 Å².